The van der Waals surface area contributed by atoms with Crippen LogP contribution >= 0.6 is 11.3 Å². The molecule has 8 aromatic carbocycles. The van der Waals surface area contributed by atoms with Crippen LogP contribution in [0.4, 0.5) is 0 Å². The van der Waals surface area contributed by atoms with Gasteiger partial charge in [0.2, 0.25) is 0 Å². The summed E-state index contributed by atoms with van der Waals surface area (Å²) in [5, 5.41) is 10.5. The van der Waals surface area contributed by atoms with Crippen molar-refractivity contribution in [3.05, 3.63) is 139 Å². The number of hydrogen-bond donors (Lipinski definition) is 0. The lowest BCUT2D eigenvalue weighted by Gasteiger charge is -2.21. The third-order valence-electron chi connectivity index (χ3n) is 10.7. The van der Waals surface area contributed by atoms with Crippen LogP contribution in [0.1, 0.15) is 25.0 Å². The second-order valence-corrected chi connectivity index (χ2v) is 14.6. The summed E-state index contributed by atoms with van der Waals surface area (Å²) in [5.74, 6) is 2.08. The van der Waals surface area contributed by atoms with Crippen molar-refractivity contribution < 1.29 is 0 Å². The summed E-state index contributed by atoms with van der Waals surface area (Å²) in [6, 6.07) is 46.0. The van der Waals surface area contributed by atoms with Gasteiger partial charge in [-0.25, -0.2) is 15.0 Å². The summed E-state index contributed by atoms with van der Waals surface area (Å²) in [7, 11) is 0. The van der Waals surface area contributed by atoms with Crippen molar-refractivity contribution in [3.63, 3.8) is 0 Å². The van der Waals surface area contributed by atoms with E-state index in [2.05, 4.69) is 123 Å². The SMILES string of the molecule is CC1(C)c2ccccc2-c2c(-c3nc(-c4ccccc4)nc(-c4ccc5c6cccc7ccc8ccc9sc4c5c9c8c76)n3)cccc21. The normalized spacial score (nSPS) is 13.8. The minimum atomic E-state index is -0.114. The molecule has 2 aromatic heterocycles. The molecule has 0 N–H and O–H groups in total. The van der Waals surface area contributed by atoms with Crippen molar-refractivity contribution in [3.8, 4) is 45.3 Å². The van der Waals surface area contributed by atoms with Crippen LogP contribution < -0.4 is 0 Å². The third kappa shape index (κ3) is 3.35. The van der Waals surface area contributed by atoms with Gasteiger partial charge in [-0.3, -0.25) is 0 Å². The van der Waals surface area contributed by atoms with Gasteiger partial charge in [0, 0.05) is 42.3 Å². The molecule has 0 fully saturated rings. The zero-order valence-corrected chi connectivity index (χ0v) is 27.2. The van der Waals surface area contributed by atoms with Crippen molar-refractivity contribution in [2.75, 3.05) is 0 Å². The molecule has 11 rings (SSSR count). The molecule has 0 bridgehead atoms. The van der Waals surface area contributed by atoms with Crippen LogP contribution in [0, 0.1) is 0 Å². The van der Waals surface area contributed by atoms with Gasteiger partial charge in [0.15, 0.2) is 17.5 Å². The Kier molecular flexibility index (Phi) is 5.06. The Balaban J connectivity index is 1.23. The lowest BCUT2D eigenvalue weighted by molar-refractivity contribution is 0.660. The first-order valence-electron chi connectivity index (χ1n) is 16.5. The van der Waals surface area contributed by atoms with E-state index in [0.29, 0.717) is 17.5 Å². The Morgan fingerprint density at radius 2 is 1.12 bits per heavy atom. The minimum absolute atomic E-state index is 0.114. The first kappa shape index (κ1) is 26.4. The van der Waals surface area contributed by atoms with E-state index in [-0.39, 0.29) is 5.41 Å². The maximum absolute atomic E-state index is 5.35. The molecular weight excluding hydrogens is 603 g/mol. The van der Waals surface area contributed by atoms with Gasteiger partial charge in [-0.1, -0.05) is 129 Å². The molecule has 0 saturated carbocycles. The lowest BCUT2D eigenvalue weighted by Crippen LogP contribution is -2.14. The van der Waals surface area contributed by atoms with E-state index in [9.17, 15) is 0 Å². The molecule has 2 heterocycles. The first-order chi connectivity index (χ1) is 23.6. The van der Waals surface area contributed by atoms with Crippen LogP contribution in [0.2, 0.25) is 0 Å². The van der Waals surface area contributed by atoms with Crippen LogP contribution in [0.5, 0.6) is 0 Å². The Morgan fingerprint density at radius 3 is 2.00 bits per heavy atom. The van der Waals surface area contributed by atoms with Crippen LogP contribution in [-0.2, 0) is 5.41 Å². The number of aromatic nitrogens is 3. The van der Waals surface area contributed by atoms with Crippen LogP contribution in [0.3, 0.4) is 0 Å². The first-order valence-corrected chi connectivity index (χ1v) is 17.3. The van der Waals surface area contributed by atoms with E-state index < -0.39 is 0 Å². The maximum Gasteiger partial charge on any atom is 0.165 e. The van der Waals surface area contributed by atoms with E-state index in [1.807, 2.05) is 29.5 Å². The molecule has 1 aliphatic rings. The molecule has 0 radical (unpaired) electrons. The highest BCUT2D eigenvalue weighted by atomic mass is 32.1. The second kappa shape index (κ2) is 9.21. The summed E-state index contributed by atoms with van der Waals surface area (Å²) in [4.78, 5) is 15.8. The second-order valence-electron chi connectivity index (χ2n) is 13.5. The largest absolute Gasteiger partial charge is 0.208 e. The van der Waals surface area contributed by atoms with E-state index in [4.69, 9.17) is 15.0 Å². The lowest BCUT2D eigenvalue weighted by atomic mass is 9.82. The number of rotatable bonds is 3. The fraction of sp³-hybridized carbons (Fsp3) is 0.0682. The molecule has 0 spiro atoms. The Hall–Kier alpha value is -5.71. The third-order valence-corrected chi connectivity index (χ3v) is 11.8. The average Bonchev–Trinajstić information content (AvgIpc) is 3.64. The molecule has 1 aliphatic carbocycles. The molecule has 0 saturated heterocycles. The zero-order valence-electron chi connectivity index (χ0n) is 26.4. The standard InChI is InChI=1S/C44H27N3S/c1-44(2)32-16-7-6-13-29(32)37-30(15-9-17-33(37)44)42-45-41(26-10-4-3-5-11-26)46-43(47-42)31-22-21-28-27-14-8-12-24-18-19-25-20-23-34-39(36(25)35(24)27)38(28)40(31)48-34/h3-23H,1-2H3. The van der Waals surface area contributed by atoms with Gasteiger partial charge in [-0.2, -0.15) is 0 Å². The Labute approximate surface area is 280 Å². The summed E-state index contributed by atoms with van der Waals surface area (Å²) in [6.45, 7) is 4.63. The molecule has 0 unspecified atom stereocenters. The summed E-state index contributed by atoms with van der Waals surface area (Å²) in [5.41, 5.74) is 8.07. The van der Waals surface area contributed by atoms with Crippen molar-refractivity contribution in [2.45, 2.75) is 19.3 Å². The van der Waals surface area contributed by atoms with E-state index in [1.54, 1.807) is 0 Å². The van der Waals surface area contributed by atoms with Crippen LogP contribution in [-0.4, -0.2) is 15.0 Å². The van der Waals surface area contributed by atoms with Gasteiger partial charge in [-0.05, 0) is 66.7 Å². The summed E-state index contributed by atoms with van der Waals surface area (Å²) >= 11 is 1.85. The number of benzene rings is 8. The summed E-state index contributed by atoms with van der Waals surface area (Å²) in [6.07, 6.45) is 0. The smallest absolute Gasteiger partial charge is 0.165 e. The fourth-order valence-corrected chi connectivity index (χ4v) is 9.70. The highest BCUT2D eigenvalue weighted by Gasteiger charge is 2.37. The van der Waals surface area contributed by atoms with Crippen molar-refractivity contribution in [1.82, 2.24) is 15.0 Å². The number of thiophene rings is 1. The monoisotopic (exact) mass is 629 g/mol. The Morgan fingerprint density at radius 1 is 0.458 bits per heavy atom. The highest BCUT2D eigenvalue weighted by molar-refractivity contribution is 7.26. The highest BCUT2D eigenvalue weighted by Crippen LogP contribution is 2.53. The van der Waals surface area contributed by atoms with Gasteiger partial charge in [0.1, 0.15) is 0 Å². The molecule has 0 atom stereocenters. The molecule has 4 heteroatoms. The molecule has 10 aromatic rings. The van der Waals surface area contributed by atoms with E-state index in [0.717, 1.165) is 16.7 Å². The molecule has 224 valence electrons. The molecule has 0 amide bonds. The summed E-state index contributed by atoms with van der Waals surface area (Å²) < 4.78 is 2.52. The van der Waals surface area contributed by atoms with Crippen molar-refractivity contribution in [2.24, 2.45) is 0 Å². The number of nitrogens with zero attached hydrogens (tertiary/aromatic N) is 3. The van der Waals surface area contributed by atoms with Gasteiger partial charge in [0.25, 0.3) is 0 Å². The van der Waals surface area contributed by atoms with Crippen molar-refractivity contribution >= 4 is 63.8 Å². The predicted octanol–water partition coefficient (Wildman–Crippen LogP) is 11.9. The van der Waals surface area contributed by atoms with Crippen molar-refractivity contribution in [1.29, 1.82) is 0 Å². The molecule has 48 heavy (non-hydrogen) atoms. The number of fused-ring (bicyclic) bond motifs is 4. The minimum Gasteiger partial charge on any atom is -0.208 e. The predicted molar refractivity (Wildman–Crippen MR) is 201 cm³/mol. The van der Waals surface area contributed by atoms with E-state index in [1.165, 1.54) is 74.7 Å². The molecular formula is C44H27N3S. The topological polar surface area (TPSA) is 38.7 Å². The Bertz CT molecular complexity index is 2920. The van der Waals surface area contributed by atoms with Gasteiger partial charge < -0.3 is 0 Å². The van der Waals surface area contributed by atoms with Crippen LogP contribution in [0.15, 0.2) is 127 Å². The van der Waals surface area contributed by atoms with Crippen LogP contribution in [0.25, 0.3) is 97.8 Å². The quantitative estimate of drug-likeness (QED) is 0.144. The van der Waals surface area contributed by atoms with E-state index >= 15 is 0 Å². The fourth-order valence-electron chi connectivity index (χ4n) is 8.45. The molecule has 3 nitrogen and oxygen atoms in total. The maximum atomic E-state index is 5.35. The zero-order chi connectivity index (χ0) is 31.7. The van der Waals surface area contributed by atoms with Gasteiger partial charge in [0.05, 0.1) is 0 Å². The molecule has 0 aliphatic heterocycles. The van der Waals surface area contributed by atoms with Gasteiger partial charge in [-0.15, -0.1) is 11.3 Å². The number of hydrogen-bond acceptors (Lipinski definition) is 4. The van der Waals surface area contributed by atoms with Gasteiger partial charge >= 0.3 is 0 Å². The average molecular weight is 630 g/mol.